The zero-order valence-corrected chi connectivity index (χ0v) is 19.8. The number of hydrogen-bond donors (Lipinski definition) is 0. The summed E-state index contributed by atoms with van der Waals surface area (Å²) in [6.45, 7) is 0.257. The Morgan fingerprint density at radius 3 is 2.64 bits per heavy atom. The molecule has 2 nitrogen and oxygen atoms in total. The summed E-state index contributed by atoms with van der Waals surface area (Å²) in [5.41, 5.74) is 9.64. The average Bonchev–Trinajstić information content (AvgIpc) is 3.44. The molecule has 4 heteroatoms. The van der Waals surface area contributed by atoms with Gasteiger partial charge in [0.15, 0.2) is 0 Å². The number of nitrogens with zero attached hydrogens (tertiary/aromatic N) is 1. The predicted octanol–water partition coefficient (Wildman–Crippen LogP) is 2.71. The summed E-state index contributed by atoms with van der Waals surface area (Å²) >= 11 is 0.323. The Hall–Kier alpha value is -3.20. The number of aromatic nitrogens is 1. The minimum absolute atomic E-state index is 0.257. The Morgan fingerprint density at radius 2 is 1.64 bits per heavy atom. The molecule has 1 aliphatic carbocycles. The second-order valence-corrected chi connectivity index (χ2v) is 11.5. The van der Waals surface area contributed by atoms with Crippen molar-refractivity contribution in [2.45, 2.75) is 19.3 Å². The Balaban J connectivity index is 1.36. The van der Waals surface area contributed by atoms with Crippen molar-refractivity contribution in [3.8, 4) is 17.2 Å². The van der Waals surface area contributed by atoms with Crippen LogP contribution in [-0.2, 0) is 12.8 Å². The van der Waals surface area contributed by atoms with Crippen LogP contribution in [0.15, 0.2) is 84.9 Å². The standard InChI is InChI=1S/C29H20BNOSe/c1-3-10-23-19(7-1)20-8-5-11-24(20)31(23)18-15-16-21-26(17-18)32-25-12-6-14-28-29(25)30(21)22-9-2-4-13-27(22)33-28/h1-4,6-7,9-10,12-17H,5,8,11H2. The van der Waals surface area contributed by atoms with Gasteiger partial charge in [-0.15, -0.1) is 0 Å². The van der Waals surface area contributed by atoms with Gasteiger partial charge in [-0.25, -0.2) is 0 Å². The second kappa shape index (κ2) is 6.66. The van der Waals surface area contributed by atoms with Crippen LogP contribution in [0.5, 0.6) is 11.5 Å². The van der Waals surface area contributed by atoms with E-state index in [-0.39, 0.29) is 6.71 Å². The molecule has 3 heterocycles. The second-order valence-electron chi connectivity index (χ2n) is 9.20. The van der Waals surface area contributed by atoms with Crippen LogP contribution in [0.4, 0.5) is 0 Å². The molecule has 0 unspecified atom stereocenters. The molecule has 156 valence electrons. The van der Waals surface area contributed by atoms with Gasteiger partial charge in [-0.3, -0.25) is 0 Å². The molecule has 0 atom stereocenters. The van der Waals surface area contributed by atoms with Crippen LogP contribution in [0.2, 0.25) is 0 Å². The molecule has 8 rings (SSSR count). The summed E-state index contributed by atoms with van der Waals surface area (Å²) in [6.07, 6.45) is 3.57. The number of benzene rings is 4. The molecule has 0 spiro atoms. The molecule has 0 saturated carbocycles. The van der Waals surface area contributed by atoms with Crippen molar-refractivity contribution in [3.63, 3.8) is 0 Å². The molecule has 1 aromatic heterocycles. The monoisotopic (exact) mass is 489 g/mol. The van der Waals surface area contributed by atoms with E-state index in [0.717, 1.165) is 17.9 Å². The van der Waals surface area contributed by atoms with E-state index in [1.165, 1.54) is 66.0 Å². The van der Waals surface area contributed by atoms with Gasteiger partial charge in [0.25, 0.3) is 0 Å². The van der Waals surface area contributed by atoms with Gasteiger partial charge in [-0.2, -0.15) is 0 Å². The predicted molar refractivity (Wildman–Crippen MR) is 138 cm³/mol. The van der Waals surface area contributed by atoms with Gasteiger partial charge in [0.1, 0.15) is 0 Å². The molecule has 2 aliphatic heterocycles. The van der Waals surface area contributed by atoms with Gasteiger partial charge in [-0.1, -0.05) is 0 Å². The van der Waals surface area contributed by atoms with E-state index in [0.29, 0.717) is 15.0 Å². The van der Waals surface area contributed by atoms with Crippen LogP contribution in [0.25, 0.3) is 16.6 Å². The third kappa shape index (κ3) is 2.46. The summed E-state index contributed by atoms with van der Waals surface area (Å²) in [6, 6.07) is 31.3. The molecule has 0 N–H and O–H groups in total. The van der Waals surface area contributed by atoms with Crippen LogP contribution in [-0.4, -0.2) is 26.2 Å². The molecule has 5 aromatic rings. The van der Waals surface area contributed by atoms with Crippen LogP contribution >= 0.6 is 0 Å². The third-order valence-corrected chi connectivity index (χ3v) is 9.93. The van der Waals surface area contributed by atoms with Crippen molar-refractivity contribution in [3.05, 3.63) is 96.2 Å². The molecule has 3 aliphatic rings. The maximum atomic E-state index is 6.61. The van der Waals surface area contributed by atoms with E-state index in [2.05, 4.69) is 89.5 Å². The first kappa shape index (κ1) is 18.3. The summed E-state index contributed by atoms with van der Waals surface area (Å²) in [5, 5.41) is 1.40. The summed E-state index contributed by atoms with van der Waals surface area (Å²) < 4.78 is 12.0. The number of rotatable bonds is 1. The summed E-state index contributed by atoms with van der Waals surface area (Å²) in [4.78, 5) is 0. The molecule has 4 aromatic carbocycles. The minimum atomic E-state index is 0.257. The van der Waals surface area contributed by atoms with Crippen LogP contribution in [0.1, 0.15) is 17.7 Å². The molecule has 33 heavy (non-hydrogen) atoms. The quantitative estimate of drug-likeness (QED) is 0.325. The van der Waals surface area contributed by atoms with E-state index >= 15 is 0 Å². The average molecular weight is 488 g/mol. The third-order valence-electron chi connectivity index (χ3n) is 7.48. The van der Waals surface area contributed by atoms with Crippen molar-refractivity contribution in [1.29, 1.82) is 0 Å². The number of hydrogen-bond acceptors (Lipinski definition) is 1. The van der Waals surface area contributed by atoms with Gasteiger partial charge < -0.3 is 0 Å². The van der Waals surface area contributed by atoms with Crippen molar-refractivity contribution < 1.29 is 4.74 Å². The molecule has 0 fully saturated rings. The zero-order valence-electron chi connectivity index (χ0n) is 18.0. The summed E-state index contributed by atoms with van der Waals surface area (Å²) in [7, 11) is 0. The Labute approximate surface area is 199 Å². The number of ether oxygens (including phenoxy) is 1. The topological polar surface area (TPSA) is 14.2 Å². The van der Waals surface area contributed by atoms with Gasteiger partial charge in [-0.05, 0) is 0 Å². The van der Waals surface area contributed by atoms with E-state index < -0.39 is 0 Å². The first-order valence-electron chi connectivity index (χ1n) is 11.7. The van der Waals surface area contributed by atoms with Crippen molar-refractivity contribution in [1.82, 2.24) is 4.57 Å². The first-order chi connectivity index (χ1) is 16.4. The molecule has 0 amide bonds. The molecule has 0 bridgehead atoms. The molecule has 0 saturated heterocycles. The normalized spacial score (nSPS) is 15.0. The Bertz CT molecular complexity index is 1620. The molecular weight excluding hydrogens is 468 g/mol. The molecule has 0 radical (unpaired) electrons. The van der Waals surface area contributed by atoms with Crippen LogP contribution in [0.3, 0.4) is 0 Å². The van der Waals surface area contributed by atoms with Gasteiger partial charge in [0.2, 0.25) is 0 Å². The van der Waals surface area contributed by atoms with Crippen molar-refractivity contribution in [2.24, 2.45) is 0 Å². The molecular formula is C29H20BNOSe. The summed E-state index contributed by atoms with van der Waals surface area (Å²) in [5.74, 6) is 2.03. The van der Waals surface area contributed by atoms with Crippen LogP contribution in [0, 0.1) is 0 Å². The zero-order chi connectivity index (χ0) is 21.5. The van der Waals surface area contributed by atoms with Crippen molar-refractivity contribution >= 4 is 57.9 Å². The Morgan fingerprint density at radius 1 is 0.758 bits per heavy atom. The number of fused-ring (bicyclic) bond motifs is 7. The Kier molecular flexibility index (Phi) is 3.69. The fraction of sp³-hybridized carbons (Fsp3) is 0.103. The van der Waals surface area contributed by atoms with Crippen molar-refractivity contribution in [2.75, 3.05) is 0 Å². The van der Waals surface area contributed by atoms with Crippen LogP contribution < -0.4 is 30.0 Å². The number of aryl methyl sites for hydroxylation is 1. The fourth-order valence-electron chi connectivity index (χ4n) is 6.13. The van der Waals surface area contributed by atoms with Gasteiger partial charge >= 0.3 is 200 Å². The maximum absolute atomic E-state index is 6.61. The van der Waals surface area contributed by atoms with Gasteiger partial charge in [0.05, 0.1) is 0 Å². The van der Waals surface area contributed by atoms with Gasteiger partial charge in [0, 0.05) is 0 Å². The SMILES string of the molecule is c1ccc2c(c1)[Se]c1cccc3c1B2c1ccc(-n2c4c(c5ccccc52)CCC4)cc1O3. The van der Waals surface area contributed by atoms with E-state index in [1.807, 2.05) is 0 Å². The van der Waals surface area contributed by atoms with E-state index in [4.69, 9.17) is 4.74 Å². The van der Waals surface area contributed by atoms with E-state index in [9.17, 15) is 0 Å². The first-order valence-corrected chi connectivity index (χ1v) is 13.4. The fourth-order valence-corrected chi connectivity index (χ4v) is 8.57. The number of para-hydroxylation sites is 1. The van der Waals surface area contributed by atoms with E-state index in [1.54, 1.807) is 0 Å².